The predicted octanol–water partition coefficient (Wildman–Crippen LogP) is 1.91. The monoisotopic (exact) mass is 167 g/mol. The number of aromatic nitrogens is 1. The number of thiazole rings is 1. The number of anilines is 1. The molecule has 0 bridgehead atoms. The van der Waals surface area contributed by atoms with Crippen molar-refractivity contribution in [3.05, 3.63) is 10.6 Å². The Balaban J connectivity index is 2.88. The Morgan fingerprint density at radius 1 is 1.73 bits per heavy atom. The molecule has 0 amide bonds. The Morgan fingerprint density at radius 3 is 2.91 bits per heavy atom. The zero-order valence-corrected chi connectivity index (χ0v) is 7.33. The van der Waals surface area contributed by atoms with Gasteiger partial charge in [0.2, 0.25) is 0 Å². The van der Waals surface area contributed by atoms with Crippen LogP contribution in [0.2, 0.25) is 0 Å². The number of rotatable bonds is 2. The molecule has 0 aliphatic heterocycles. The maximum absolute atomic E-state index is 8.30. The predicted molar refractivity (Wildman–Crippen MR) is 45.5 cm³/mol. The van der Waals surface area contributed by atoms with Crippen molar-refractivity contribution in [3.8, 4) is 6.19 Å². The quantitative estimate of drug-likeness (QED) is 0.540. The van der Waals surface area contributed by atoms with Gasteiger partial charge in [0, 0.05) is 4.88 Å². The molecule has 0 saturated heterocycles. The van der Waals surface area contributed by atoms with E-state index in [2.05, 4.69) is 17.2 Å². The van der Waals surface area contributed by atoms with Crippen LogP contribution in [-0.2, 0) is 6.42 Å². The highest BCUT2D eigenvalue weighted by Crippen LogP contribution is 2.21. The van der Waals surface area contributed by atoms with Gasteiger partial charge in [-0.2, -0.15) is 5.26 Å². The molecule has 0 fully saturated rings. The van der Waals surface area contributed by atoms with Crippen molar-refractivity contribution in [1.29, 1.82) is 5.26 Å². The molecule has 0 aromatic carbocycles. The normalized spacial score (nSPS) is 9.18. The molecule has 1 heterocycles. The van der Waals surface area contributed by atoms with E-state index < -0.39 is 0 Å². The molecule has 0 aliphatic rings. The average molecular weight is 167 g/mol. The molecule has 4 heteroatoms. The zero-order valence-electron chi connectivity index (χ0n) is 6.51. The van der Waals surface area contributed by atoms with Gasteiger partial charge in [0.1, 0.15) is 0 Å². The number of hydrogen-bond donors (Lipinski definition) is 1. The summed E-state index contributed by atoms with van der Waals surface area (Å²) < 4.78 is 0. The van der Waals surface area contributed by atoms with E-state index in [0.29, 0.717) is 5.13 Å². The minimum atomic E-state index is 0.696. The summed E-state index contributed by atoms with van der Waals surface area (Å²) in [5.41, 5.74) is 1.08. The van der Waals surface area contributed by atoms with E-state index in [1.165, 1.54) is 16.2 Å². The van der Waals surface area contributed by atoms with Crippen LogP contribution in [0.5, 0.6) is 0 Å². The minimum Gasteiger partial charge on any atom is -0.268 e. The fraction of sp³-hybridized carbons (Fsp3) is 0.429. The van der Waals surface area contributed by atoms with Crippen molar-refractivity contribution in [3.63, 3.8) is 0 Å². The van der Waals surface area contributed by atoms with Gasteiger partial charge in [-0.1, -0.05) is 6.92 Å². The number of hydrogen-bond acceptors (Lipinski definition) is 4. The third kappa shape index (κ3) is 1.69. The lowest BCUT2D eigenvalue weighted by atomic mass is 10.3. The van der Waals surface area contributed by atoms with Crippen LogP contribution in [0.15, 0.2) is 0 Å². The van der Waals surface area contributed by atoms with Crippen molar-refractivity contribution in [2.75, 3.05) is 5.32 Å². The minimum absolute atomic E-state index is 0.696. The van der Waals surface area contributed by atoms with Crippen LogP contribution in [0.3, 0.4) is 0 Å². The molecule has 58 valence electrons. The second kappa shape index (κ2) is 3.35. The second-order valence-electron chi connectivity index (χ2n) is 2.11. The summed E-state index contributed by atoms with van der Waals surface area (Å²) in [6.45, 7) is 4.07. The first-order valence-corrected chi connectivity index (χ1v) is 4.21. The fourth-order valence-electron chi connectivity index (χ4n) is 0.857. The van der Waals surface area contributed by atoms with E-state index in [4.69, 9.17) is 5.26 Å². The standard InChI is InChI=1S/C7H9N3S/c1-3-6-5(2)11-7(10-6)9-4-8/h3H2,1-2H3,(H,9,10). The molecule has 1 aromatic heterocycles. The molecular formula is C7H9N3S. The third-order valence-corrected chi connectivity index (χ3v) is 2.32. The van der Waals surface area contributed by atoms with Crippen LogP contribution in [0.4, 0.5) is 5.13 Å². The van der Waals surface area contributed by atoms with Gasteiger partial charge in [-0.05, 0) is 13.3 Å². The molecule has 1 N–H and O–H groups in total. The molecule has 0 aliphatic carbocycles. The summed E-state index contributed by atoms with van der Waals surface area (Å²) in [6, 6.07) is 0. The Bertz CT molecular complexity index is 284. The van der Waals surface area contributed by atoms with Gasteiger partial charge in [-0.15, -0.1) is 11.3 Å². The van der Waals surface area contributed by atoms with Crippen molar-refractivity contribution in [1.82, 2.24) is 4.98 Å². The summed E-state index contributed by atoms with van der Waals surface area (Å²) >= 11 is 1.52. The summed E-state index contributed by atoms with van der Waals surface area (Å²) in [4.78, 5) is 5.39. The number of aryl methyl sites for hydroxylation is 2. The first-order chi connectivity index (χ1) is 5.27. The Hall–Kier alpha value is -1.08. The molecule has 3 nitrogen and oxygen atoms in total. The molecule has 0 unspecified atom stereocenters. The van der Waals surface area contributed by atoms with Crippen LogP contribution in [0.25, 0.3) is 0 Å². The maximum atomic E-state index is 8.30. The summed E-state index contributed by atoms with van der Waals surface area (Å²) in [5.74, 6) is 0. The van der Waals surface area contributed by atoms with Gasteiger partial charge in [-0.3, -0.25) is 5.32 Å². The fourth-order valence-corrected chi connectivity index (χ4v) is 1.71. The lowest BCUT2D eigenvalue weighted by molar-refractivity contribution is 1.05. The van der Waals surface area contributed by atoms with E-state index in [1.807, 2.05) is 13.1 Å². The van der Waals surface area contributed by atoms with Gasteiger partial charge in [0.25, 0.3) is 0 Å². The second-order valence-corrected chi connectivity index (χ2v) is 3.32. The van der Waals surface area contributed by atoms with Gasteiger partial charge < -0.3 is 0 Å². The van der Waals surface area contributed by atoms with E-state index in [9.17, 15) is 0 Å². The summed E-state index contributed by atoms with van der Waals surface area (Å²) in [7, 11) is 0. The average Bonchev–Trinajstić information content (AvgIpc) is 2.32. The van der Waals surface area contributed by atoms with E-state index >= 15 is 0 Å². The van der Waals surface area contributed by atoms with Crippen LogP contribution < -0.4 is 5.32 Å². The van der Waals surface area contributed by atoms with Crippen LogP contribution in [-0.4, -0.2) is 4.98 Å². The van der Waals surface area contributed by atoms with Gasteiger partial charge in [0.05, 0.1) is 5.69 Å². The first kappa shape index (κ1) is 8.02. The molecule has 0 saturated carbocycles. The Kier molecular flexibility index (Phi) is 2.44. The highest BCUT2D eigenvalue weighted by atomic mass is 32.1. The summed E-state index contributed by atoms with van der Waals surface area (Å²) in [6.07, 6.45) is 2.77. The van der Waals surface area contributed by atoms with Crippen LogP contribution >= 0.6 is 11.3 Å². The first-order valence-electron chi connectivity index (χ1n) is 3.39. The lowest BCUT2D eigenvalue weighted by Crippen LogP contribution is -1.86. The number of nitrogens with zero attached hydrogens (tertiary/aromatic N) is 2. The lowest BCUT2D eigenvalue weighted by Gasteiger charge is -1.86. The Morgan fingerprint density at radius 2 is 2.45 bits per heavy atom. The molecule has 11 heavy (non-hydrogen) atoms. The van der Waals surface area contributed by atoms with Gasteiger partial charge >= 0.3 is 0 Å². The highest BCUT2D eigenvalue weighted by Gasteiger charge is 2.03. The molecule has 1 aromatic rings. The van der Waals surface area contributed by atoms with Gasteiger partial charge in [-0.25, -0.2) is 4.98 Å². The zero-order chi connectivity index (χ0) is 8.27. The van der Waals surface area contributed by atoms with E-state index in [1.54, 1.807) is 0 Å². The maximum Gasteiger partial charge on any atom is 0.196 e. The van der Waals surface area contributed by atoms with Gasteiger partial charge in [0.15, 0.2) is 11.3 Å². The topological polar surface area (TPSA) is 48.7 Å². The van der Waals surface area contributed by atoms with Crippen LogP contribution in [0, 0.1) is 18.4 Å². The molecule has 0 radical (unpaired) electrons. The highest BCUT2D eigenvalue weighted by molar-refractivity contribution is 7.15. The van der Waals surface area contributed by atoms with Crippen molar-refractivity contribution < 1.29 is 0 Å². The number of nitrogens with one attached hydrogen (secondary N) is 1. The third-order valence-electron chi connectivity index (χ3n) is 1.39. The van der Waals surface area contributed by atoms with Crippen molar-refractivity contribution in [2.45, 2.75) is 20.3 Å². The molecule has 0 spiro atoms. The largest absolute Gasteiger partial charge is 0.268 e. The van der Waals surface area contributed by atoms with Crippen molar-refractivity contribution >= 4 is 16.5 Å². The van der Waals surface area contributed by atoms with E-state index in [-0.39, 0.29) is 0 Å². The van der Waals surface area contributed by atoms with Crippen molar-refractivity contribution in [2.24, 2.45) is 0 Å². The molecule has 1 rings (SSSR count). The summed E-state index contributed by atoms with van der Waals surface area (Å²) in [5, 5.41) is 11.5. The number of nitriles is 1. The van der Waals surface area contributed by atoms with Crippen LogP contribution in [0.1, 0.15) is 17.5 Å². The molecular weight excluding hydrogens is 158 g/mol. The Labute approximate surface area is 69.7 Å². The molecule has 0 atom stereocenters. The SMILES string of the molecule is CCc1nc(NC#N)sc1C. The smallest absolute Gasteiger partial charge is 0.196 e. The van der Waals surface area contributed by atoms with E-state index in [0.717, 1.165) is 12.1 Å².